The predicted molar refractivity (Wildman–Crippen MR) is 79.1 cm³/mol. The number of benzene rings is 1. The summed E-state index contributed by atoms with van der Waals surface area (Å²) in [6, 6.07) is 6.90. The van der Waals surface area contributed by atoms with Gasteiger partial charge in [-0.05, 0) is 18.2 Å². The molecular formula is C14H13BrN2O2. The lowest BCUT2D eigenvalue weighted by Crippen LogP contribution is -2.28. The molecule has 5 heteroatoms. The molecule has 0 fully saturated rings. The second-order valence-electron chi connectivity index (χ2n) is 4.06. The summed E-state index contributed by atoms with van der Waals surface area (Å²) in [6.45, 7) is 4.15. The first-order valence-electron chi connectivity index (χ1n) is 5.78. The van der Waals surface area contributed by atoms with E-state index >= 15 is 0 Å². The van der Waals surface area contributed by atoms with E-state index in [1.165, 1.54) is 6.07 Å². The normalized spacial score (nSPS) is 10.4. The van der Waals surface area contributed by atoms with Crippen LogP contribution in [0.4, 0.5) is 0 Å². The quantitative estimate of drug-likeness (QED) is 0.877. The van der Waals surface area contributed by atoms with Crippen molar-refractivity contribution >= 4 is 32.7 Å². The van der Waals surface area contributed by atoms with E-state index in [0.29, 0.717) is 11.9 Å². The van der Waals surface area contributed by atoms with Gasteiger partial charge in [-0.1, -0.05) is 22.0 Å². The molecule has 0 bridgehead atoms. The van der Waals surface area contributed by atoms with Gasteiger partial charge in [-0.15, -0.1) is 6.58 Å². The van der Waals surface area contributed by atoms with Crippen molar-refractivity contribution in [3.63, 3.8) is 0 Å². The van der Waals surface area contributed by atoms with Gasteiger partial charge in [0, 0.05) is 28.7 Å². The maximum atomic E-state index is 11.8. The molecule has 98 valence electrons. The number of hydrogen-bond donors (Lipinski definition) is 1. The van der Waals surface area contributed by atoms with Crippen LogP contribution in [0.3, 0.4) is 0 Å². The predicted octanol–water partition coefficient (Wildman–Crippen LogP) is 2.07. The van der Waals surface area contributed by atoms with E-state index in [1.807, 2.05) is 12.1 Å². The van der Waals surface area contributed by atoms with Crippen molar-refractivity contribution in [3.8, 4) is 0 Å². The van der Waals surface area contributed by atoms with E-state index < -0.39 is 0 Å². The molecule has 0 aliphatic carbocycles. The van der Waals surface area contributed by atoms with Gasteiger partial charge >= 0.3 is 0 Å². The lowest BCUT2D eigenvalue weighted by molar-refractivity contribution is -0.121. The topological polar surface area (TPSA) is 51.1 Å². The summed E-state index contributed by atoms with van der Waals surface area (Å²) < 4.78 is 2.59. The van der Waals surface area contributed by atoms with Crippen molar-refractivity contribution in [1.82, 2.24) is 9.88 Å². The summed E-state index contributed by atoms with van der Waals surface area (Å²) in [5.74, 6) is -0.118. The highest BCUT2D eigenvalue weighted by atomic mass is 79.9. The van der Waals surface area contributed by atoms with Gasteiger partial charge in [0.2, 0.25) is 5.91 Å². The van der Waals surface area contributed by atoms with Gasteiger partial charge in [0.1, 0.15) is 6.54 Å². The summed E-state index contributed by atoms with van der Waals surface area (Å²) in [4.78, 5) is 23.5. The largest absolute Gasteiger partial charge is 0.351 e. The molecule has 1 amide bonds. The SMILES string of the molecule is C=CCNC(=O)Cn1ccc(=O)c2cc(Br)ccc21. The molecule has 2 rings (SSSR count). The number of hydrogen-bond acceptors (Lipinski definition) is 2. The summed E-state index contributed by atoms with van der Waals surface area (Å²) in [7, 11) is 0. The van der Waals surface area contributed by atoms with Crippen LogP contribution < -0.4 is 10.7 Å². The average molecular weight is 321 g/mol. The summed E-state index contributed by atoms with van der Waals surface area (Å²) in [6.07, 6.45) is 3.25. The monoisotopic (exact) mass is 320 g/mol. The summed E-state index contributed by atoms with van der Waals surface area (Å²) >= 11 is 3.34. The Morgan fingerprint density at radius 1 is 1.42 bits per heavy atom. The molecule has 1 aromatic carbocycles. The number of rotatable bonds is 4. The smallest absolute Gasteiger partial charge is 0.240 e. The molecular weight excluding hydrogens is 308 g/mol. The minimum atomic E-state index is -0.118. The van der Waals surface area contributed by atoms with Gasteiger partial charge in [-0.25, -0.2) is 0 Å². The fourth-order valence-corrected chi connectivity index (χ4v) is 2.18. The Bertz CT molecular complexity index is 691. The third-order valence-corrected chi connectivity index (χ3v) is 3.19. The van der Waals surface area contributed by atoms with E-state index in [2.05, 4.69) is 27.8 Å². The molecule has 0 unspecified atom stereocenters. The third kappa shape index (κ3) is 3.12. The minimum absolute atomic E-state index is 0.0564. The van der Waals surface area contributed by atoms with Gasteiger partial charge in [-0.2, -0.15) is 0 Å². The van der Waals surface area contributed by atoms with E-state index in [4.69, 9.17) is 0 Å². The van der Waals surface area contributed by atoms with Crippen LogP contribution in [0, 0.1) is 0 Å². The first-order chi connectivity index (χ1) is 9.11. The zero-order valence-corrected chi connectivity index (χ0v) is 11.8. The Morgan fingerprint density at radius 2 is 2.21 bits per heavy atom. The third-order valence-electron chi connectivity index (χ3n) is 2.70. The molecule has 0 saturated carbocycles. The molecule has 0 radical (unpaired) electrons. The van der Waals surface area contributed by atoms with E-state index in [1.54, 1.807) is 22.9 Å². The number of carbonyl (C=O) groups is 1. The molecule has 1 heterocycles. The van der Waals surface area contributed by atoms with E-state index in [9.17, 15) is 9.59 Å². The molecule has 0 spiro atoms. The van der Waals surface area contributed by atoms with Crippen LogP contribution in [0.5, 0.6) is 0 Å². The van der Waals surface area contributed by atoms with Gasteiger partial charge in [0.05, 0.1) is 5.52 Å². The molecule has 2 aromatic rings. The summed E-state index contributed by atoms with van der Waals surface area (Å²) in [5, 5.41) is 3.30. The van der Waals surface area contributed by atoms with Crippen molar-refractivity contribution in [2.24, 2.45) is 0 Å². The maximum absolute atomic E-state index is 11.8. The lowest BCUT2D eigenvalue weighted by Gasteiger charge is -2.10. The molecule has 1 N–H and O–H groups in total. The Labute approximate surface area is 118 Å². The van der Waals surface area contributed by atoms with Crippen LogP contribution in [0.1, 0.15) is 0 Å². The number of nitrogens with one attached hydrogen (secondary N) is 1. The van der Waals surface area contributed by atoms with Gasteiger partial charge in [0.15, 0.2) is 5.43 Å². The summed E-state index contributed by atoms with van der Waals surface area (Å²) in [5.41, 5.74) is 0.684. The van der Waals surface area contributed by atoms with Crippen LogP contribution >= 0.6 is 15.9 Å². The van der Waals surface area contributed by atoms with Crippen LogP contribution in [0.15, 0.2) is 52.4 Å². The highest BCUT2D eigenvalue weighted by Gasteiger charge is 2.06. The molecule has 0 aliphatic heterocycles. The van der Waals surface area contributed by atoms with Crippen LogP contribution in [0.2, 0.25) is 0 Å². The Morgan fingerprint density at radius 3 is 2.95 bits per heavy atom. The Balaban J connectivity index is 2.39. The van der Waals surface area contributed by atoms with Crippen LogP contribution in [-0.2, 0) is 11.3 Å². The molecule has 1 aromatic heterocycles. The first kappa shape index (κ1) is 13.5. The highest BCUT2D eigenvalue weighted by Crippen LogP contribution is 2.16. The maximum Gasteiger partial charge on any atom is 0.240 e. The Hall–Kier alpha value is -1.88. The number of amides is 1. The van der Waals surface area contributed by atoms with Crippen molar-refractivity contribution in [2.75, 3.05) is 6.54 Å². The van der Waals surface area contributed by atoms with Gasteiger partial charge < -0.3 is 9.88 Å². The number of pyridine rings is 1. The fourth-order valence-electron chi connectivity index (χ4n) is 1.82. The standard InChI is InChI=1S/C14H13BrN2O2/c1-2-6-16-14(19)9-17-7-5-13(18)11-8-10(15)3-4-12(11)17/h2-5,7-8H,1,6,9H2,(H,16,19). The molecule has 0 saturated heterocycles. The van der Waals surface area contributed by atoms with E-state index in [-0.39, 0.29) is 17.9 Å². The zero-order chi connectivity index (χ0) is 13.8. The number of fused-ring (bicyclic) bond motifs is 1. The lowest BCUT2D eigenvalue weighted by atomic mass is 10.2. The minimum Gasteiger partial charge on any atom is -0.351 e. The van der Waals surface area contributed by atoms with Crippen molar-refractivity contribution in [2.45, 2.75) is 6.54 Å². The average Bonchev–Trinajstić information content (AvgIpc) is 2.40. The number of aromatic nitrogens is 1. The van der Waals surface area contributed by atoms with Gasteiger partial charge in [-0.3, -0.25) is 9.59 Å². The molecule has 0 atom stereocenters. The second-order valence-corrected chi connectivity index (χ2v) is 4.98. The molecule has 4 nitrogen and oxygen atoms in total. The van der Waals surface area contributed by atoms with Crippen molar-refractivity contribution < 1.29 is 4.79 Å². The number of carbonyl (C=O) groups excluding carboxylic acids is 1. The van der Waals surface area contributed by atoms with Crippen LogP contribution in [-0.4, -0.2) is 17.0 Å². The zero-order valence-electron chi connectivity index (χ0n) is 10.2. The van der Waals surface area contributed by atoms with E-state index in [0.717, 1.165) is 9.99 Å². The highest BCUT2D eigenvalue weighted by molar-refractivity contribution is 9.10. The first-order valence-corrected chi connectivity index (χ1v) is 6.57. The Kier molecular flexibility index (Phi) is 4.16. The van der Waals surface area contributed by atoms with Crippen LogP contribution in [0.25, 0.3) is 10.9 Å². The van der Waals surface area contributed by atoms with Gasteiger partial charge in [0.25, 0.3) is 0 Å². The van der Waals surface area contributed by atoms with Crippen molar-refractivity contribution in [3.05, 3.63) is 57.8 Å². The second kappa shape index (κ2) is 5.84. The molecule has 19 heavy (non-hydrogen) atoms. The molecule has 0 aliphatic rings. The number of nitrogens with zero attached hydrogens (tertiary/aromatic N) is 1. The number of halogens is 1. The fraction of sp³-hybridized carbons (Fsp3) is 0.143. The van der Waals surface area contributed by atoms with Crippen molar-refractivity contribution in [1.29, 1.82) is 0 Å².